The topological polar surface area (TPSA) is 52.9 Å². The van der Waals surface area contributed by atoms with Crippen molar-refractivity contribution in [3.63, 3.8) is 0 Å². The highest BCUT2D eigenvalue weighted by atomic mass is 19.2. The second-order valence-electron chi connectivity index (χ2n) is 7.53. The molecular weight excluding hydrogens is 352 g/mol. The second-order valence-corrected chi connectivity index (χ2v) is 7.53. The van der Waals surface area contributed by atoms with Crippen molar-refractivity contribution in [1.29, 1.82) is 0 Å². The van der Waals surface area contributed by atoms with E-state index in [4.69, 9.17) is 4.74 Å². The smallest absolute Gasteiger partial charge is 0.159 e. The van der Waals surface area contributed by atoms with E-state index in [0.717, 1.165) is 36.3 Å². The summed E-state index contributed by atoms with van der Waals surface area (Å²) < 4.78 is 32.7. The van der Waals surface area contributed by atoms with Crippen LogP contribution >= 0.6 is 0 Å². The van der Waals surface area contributed by atoms with Crippen LogP contribution in [0.3, 0.4) is 0 Å². The Morgan fingerprint density at radius 1 is 1.11 bits per heavy atom. The monoisotopic (exact) mass is 375 g/mol. The molecule has 1 saturated heterocycles. The summed E-state index contributed by atoms with van der Waals surface area (Å²) in [6, 6.07) is 11.1. The number of likely N-dealkylation sites (tertiary alicyclic amines) is 1. The molecule has 4 nitrogen and oxygen atoms in total. The number of aliphatic hydroxyl groups excluding tert-OH is 2. The summed E-state index contributed by atoms with van der Waals surface area (Å²) in [5, 5.41) is 20.8. The van der Waals surface area contributed by atoms with Gasteiger partial charge >= 0.3 is 0 Å². The molecule has 27 heavy (non-hydrogen) atoms. The summed E-state index contributed by atoms with van der Waals surface area (Å²) in [5.41, 5.74) is 0.809. The van der Waals surface area contributed by atoms with Gasteiger partial charge in [0.1, 0.15) is 11.4 Å². The number of aliphatic hydroxyl groups is 2. The number of piperidine rings is 1. The Bertz CT molecular complexity index is 821. The highest BCUT2D eigenvalue weighted by Gasteiger charge is 2.42. The molecular formula is C21H23F2NO3. The van der Waals surface area contributed by atoms with Crippen LogP contribution in [0.25, 0.3) is 0 Å². The predicted octanol–water partition coefficient (Wildman–Crippen LogP) is 3.35. The number of ether oxygens (including phenoxy) is 1. The number of nitrogens with zero attached hydrogens (tertiary/aromatic N) is 1. The molecule has 2 aliphatic rings. The van der Waals surface area contributed by atoms with Crippen LogP contribution in [0, 0.1) is 11.6 Å². The zero-order valence-corrected chi connectivity index (χ0v) is 14.9. The molecule has 0 bridgehead atoms. The van der Waals surface area contributed by atoms with Gasteiger partial charge in [0.25, 0.3) is 0 Å². The molecule has 1 fully saturated rings. The molecule has 0 aliphatic carbocycles. The van der Waals surface area contributed by atoms with E-state index in [-0.39, 0.29) is 0 Å². The number of para-hydroxylation sites is 1. The van der Waals surface area contributed by atoms with Gasteiger partial charge in [-0.05, 0) is 36.6 Å². The first kappa shape index (κ1) is 18.3. The fourth-order valence-corrected chi connectivity index (χ4v) is 4.10. The van der Waals surface area contributed by atoms with Crippen LogP contribution in [-0.4, -0.2) is 40.3 Å². The summed E-state index contributed by atoms with van der Waals surface area (Å²) in [7, 11) is 0. The summed E-state index contributed by atoms with van der Waals surface area (Å²) in [5.74, 6) is -1.13. The number of benzene rings is 2. The maximum absolute atomic E-state index is 13.4. The molecule has 0 radical (unpaired) electrons. The van der Waals surface area contributed by atoms with Crippen LogP contribution in [0.2, 0.25) is 0 Å². The summed E-state index contributed by atoms with van der Waals surface area (Å²) in [6.07, 6.45) is 0.622. The molecule has 2 N–H and O–H groups in total. The summed E-state index contributed by atoms with van der Waals surface area (Å²) >= 11 is 0. The standard InChI is InChI=1S/C21H23F2NO3/c22-16-6-5-14(11-17(16)23)19(26)13-24-9-7-21(8-10-24)12-18(25)15-3-1-2-4-20(15)27-21/h1-6,11,18-19,25-26H,7-10,12-13H2/t18-,19-/m1/s1. The van der Waals surface area contributed by atoms with E-state index in [9.17, 15) is 19.0 Å². The zero-order chi connectivity index (χ0) is 19.0. The molecule has 0 saturated carbocycles. The van der Waals surface area contributed by atoms with E-state index < -0.39 is 29.4 Å². The van der Waals surface area contributed by atoms with E-state index in [0.29, 0.717) is 31.6 Å². The quantitative estimate of drug-likeness (QED) is 0.864. The van der Waals surface area contributed by atoms with Gasteiger partial charge in [-0.1, -0.05) is 24.3 Å². The maximum atomic E-state index is 13.4. The number of hydrogen-bond acceptors (Lipinski definition) is 4. The van der Waals surface area contributed by atoms with Crippen LogP contribution in [0.4, 0.5) is 8.78 Å². The van der Waals surface area contributed by atoms with Crippen LogP contribution in [0.1, 0.15) is 42.6 Å². The van der Waals surface area contributed by atoms with Crippen molar-refractivity contribution < 1.29 is 23.7 Å². The average Bonchev–Trinajstić information content (AvgIpc) is 2.66. The lowest BCUT2D eigenvalue weighted by Gasteiger charge is -2.46. The Hall–Kier alpha value is -2.02. The lowest BCUT2D eigenvalue weighted by Crippen LogP contribution is -2.51. The first-order valence-corrected chi connectivity index (χ1v) is 9.27. The molecule has 6 heteroatoms. The van der Waals surface area contributed by atoms with E-state index in [1.165, 1.54) is 6.07 Å². The van der Waals surface area contributed by atoms with Crippen molar-refractivity contribution in [2.75, 3.05) is 19.6 Å². The van der Waals surface area contributed by atoms with Gasteiger partial charge in [-0.3, -0.25) is 0 Å². The number of fused-ring (bicyclic) bond motifs is 1. The van der Waals surface area contributed by atoms with E-state index in [2.05, 4.69) is 4.90 Å². The molecule has 2 heterocycles. The van der Waals surface area contributed by atoms with Crippen LogP contribution in [-0.2, 0) is 0 Å². The summed E-state index contributed by atoms with van der Waals surface area (Å²) in [6.45, 7) is 1.76. The lowest BCUT2D eigenvalue weighted by atomic mass is 9.81. The van der Waals surface area contributed by atoms with Gasteiger partial charge in [-0.25, -0.2) is 8.78 Å². The van der Waals surface area contributed by atoms with Crippen LogP contribution < -0.4 is 4.74 Å². The normalized spacial score (nSPS) is 22.9. The molecule has 144 valence electrons. The van der Waals surface area contributed by atoms with E-state index in [1.54, 1.807) is 0 Å². The Morgan fingerprint density at radius 2 is 1.85 bits per heavy atom. The van der Waals surface area contributed by atoms with Crippen molar-refractivity contribution in [2.24, 2.45) is 0 Å². The molecule has 2 aromatic carbocycles. The predicted molar refractivity (Wildman–Crippen MR) is 96.4 cm³/mol. The van der Waals surface area contributed by atoms with Crippen molar-refractivity contribution >= 4 is 0 Å². The Balaban J connectivity index is 1.38. The fraction of sp³-hybridized carbons (Fsp3) is 0.429. The Labute approximate surface area is 157 Å². The molecule has 0 aromatic heterocycles. The lowest BCUT2D eigenvalue weighted by molar-refractivity contribution is -0.0587. The molecule has 2 aliphatic heterocycles. The van der Waals surface area contributed by atoms with E-state index >= 15 is 0 Å². The minimum Gasteiger partial charge on any atom is -0.487 e. The molecule has 4 rings (SSSR count). The number of β-amino-alcohol motifs (C(OH)–C–C–N with tert-alkyl or cyclic N) is 1. The SMILES string of the molecule is O[C@H](CN1CCC2(CC1)C[C@@H](O)c1ccccc1O2)c1ccc(F)c(F)c1. The first-order chi connectivity index (χ1) is 13.0. The Kier molecular flexibility index (Phi) is 4.88. The second kappa shape index (κ2) is 7.19. The molecule has 2 aromatic rings. The molecule has 0 unspecified atom stereocenters. The first-order valence-electron chi connectivity index (χ1n) is 9.27. The maximum Gasteiger partial charge on any atom is 0.159 e. The third-order valence-electron chi connectivity index (χ3n) is 5.70. The molecule has 2 atom stereocenters. The minimum absolute atomic E-state index is 0.348. The van der Waals surface area contributed by atoms with Gasteiger partial charge in [0.2, 0.25) is 0 Å². The third kappa shape index (κ3) is 3.70. The number of hydrogen-bond donors (Lipinski definition) is 2. The van der Waals surface area contributed by atoms with Crippen molar-refractivity contribution in [3.8, 4) is 5.75 Å². The largest absolute Gasteiger partial charge is 0.487 e. The van der Waals surface area contributed by atoms with E-state index in [1.807, 2.05) is 24.3 Å². The van der Waals surface area contributed by atoms with Crippen molar-refractivity contribution in [2.45, 2.75) is 37.1 Å². The van der Waals surface area contributed by atoms with Gasteiger partial charge in [0, 0.05) is 31.6 Å². The van der Waals surface area contributed by atoms with Crippen LogP contribution in [0.15, 0.2) is 42.5 Å². The number of rotatable bonds is 3. The van der Waals surface area contributed by atoms with Crippen LogP contribution in [0.5, 0.6) is 5.75 Å². The minimum atomic E-state index is -0.951. The molecule has 1 spiro atoms. The highest BCUT2D eigenvalue weighted by molar-refractivity contribution is 5.38. The molecule has 0 amide bonds. The van der Waals surface area contributed by atoms with Gasteiger partial charge < -0.3 is 19.8 Å². The van der Waals surface area contributed by atoms with Crippen molar-refractivity contribution in [1.82, 2.24) is 4.90 Å². The van der Waals surface area contributed by atoms with Gasteiger partial charge in [-0.15, -0.1) is 0 Å². The van der Waals surface area contributed by atoms with Gasteiger partial charge in [-0.2, -0.15) is 0 Å². The van der Waals surface area contributed by atoms with Gasteiger partial charge in [0.15, 0.2) is 11.6 Å². The fourth-order valence-electron chi connectivity index (χ4n) is 4.10. The highest BCUT2D eigenvalue weighted by Crippen LogP contribution is 2.44. The van der Waals surface area contributed by atoms with Gasteiger partial charge in [0.05, 0.1) is 12.2 Å². The average molecular weight is 375 g/mol. The van der Waals surface area contributed by atoms with Crippen molar-refractivity contribution in [3.05, 3.63) is 65.2 Å². The zero-order valence-electron chi connectivity index (χ0n) is 14.9. The Morgan fingerprint density at radius 3 is 2.59 bits per heavy atom. The number of halogens is 2. The third-order valence-corrected chi connectivity index (χ3v) is 5.70. The summed E-state index contributed by atoms with van der Waals surface area (Å²) in [4.78, 5) is 2.09.